The van der Waals surface area contributed by atoms with Crippen LogP contribution in [0.25, 0.3) is 0 Å². The van der Waals surface area contributed by atoms with Gasteiger partial charge in [0.05, 0.1) is 11.8 Å². The number of rotatable bonds is 2. The van der Waals surface area contributed by atoms with Crippen molar-refractivity contribution in [1.82, 2.24) is 4.90 Å². The van der Waals surface area contributed by atoms with E-state index >= 15 is 0 Å². The number of hydrogen-bond acceptors (Lipinski definition) is 3. The maximum absolute atomic E-state index is 11.7. The van der Waals surface area contributed by atoms with E-state index in [1.54, 1.807) is 0 Å². The Balaban J connectivity index is 2.17. The number of amides is 2. The highest BCUT2D eigenvalue weighted by Gasteiger charge is 2.51. The van der Waals surface area contributed by atoms with Gasteiger partial charge in [0.1, 0.15) is 6.54 Å². The molecule has 2 rings (SSSR count). The van der Waals surface area contributed by atoms with Gasteiger partial charge in [-0.05, 0) is 18.8 Å². The van der Waals surface area contributed by atoms with E-state index in [-0.39, 0.29) is 23.7 Å². The van der Waals surface area contributed by atoms with Gasteiger partial charge in [-0.25, -0.2) is 0 Å². The summed E-state index contributed by atoms with van der Waals surface area (Å²) < 4.78 is 0. The standard InChI is InChI=1S/C10H13NO4/c1-5-2-6-7(3-5)10(15)11(9(6)14)4-8(12)13/h5-7H,2-4H2,1H3,(H,12,13). The summed E-state index contributed by atoms with van der Waals surface area (Å²) >= 11 is 0. The lowest BCUT2D eigenvalue weighted by Gasteiger charge is -2.13. The van der Waals surface area contributed by atoms with Crippen molar-refractivity contribution in [3.63, 3.8) is 0 Å². The smallest absolute Gasteiger partial charge is 0.323 e. The SMILES string of the molecule is CC1CC2C(=O)N(CC(=O)O)C(=O)C2C1. The van der Waals surface area contributed by atoms with Crippen molar-refractivity contribution in [3.8, 4) is 0 Å². The van der Waals surface area contributed by atoms with Crippen LogP contribution in [0.1, 0.15) is 19.8 Å². The summed E-state index contributed by atoms with van der Waals surface area (Å²) in [6, 6.07) is 0. The molecule has 0 aromatic carbocycles. The lowest BCUT2D eigenvalue weighted by atomic mass is 10.00. The van der Waals surface area contributed by atoms with Crippen LogP contribution in [0.2, 0.25) is 0 Å². The number of imide groups is 1. The minimum atomic E-state index is -1.13. The van der Waals surface area contributed by atoms with E-state index in [4.69, 9.17) is 5.11 Å². The fourth-order valence-electron chi connectivity index (χ4n) is 2.64. The fourth-order valence-corrected chi connectivity index (χ4v) is 2.64. The van der Waals surface area contributed by atoms with Crippen LogP contribution >= 0.6 is 0 Å². The largest absolute Gasteiger partial charge is 0.480 e. The minimum absolute atomic E-state index is 0.258. The molecule has 1 heterocycles. The number of carboxylic acids is 1. The third kappa shape index (κ3) is 1.52. The quantitative estimate of drug-likeness (QED) is 0.657. The molecule has 2 unspecified atom stereocenters. The number of nitrogens with zero attached hydrogens (tertiary/aromatic N) is 1. The molecule has 82 valence electrons. The van der Waals surface area contributed by atoms with Crippen LogP contribution in [0.4, 0.5) is 0 Å². The maximum atomic E-state index is 11.7. The number of likely N-dealkylation sites (tertiary alicyclic amines) is 1. The molecule has 0 spiro atoms. The highest BCUT2D eigenvalue weighted by atomic mass is 16.4. The van der Waals surface area contributed by atoms with Gasteiger partial charge in [0.2, 0.25) is 11.8 Å². The molecule has 0 bridgehead atoms. The molecule has 2 aliphatic rings. The van der Waals surface area contributed by atoms with Crippen LogP contribution in [-0.4, -0.2) is 34.3 Å². The highest BCUT2D eigenvalue weighted by molar-refractivity contribution is 6.07. The van der Waals surface area contributed by atoms with Crippen molar-refractivity contribution in [2.45, 2.75) is 19.8 Å². The van der Waals surface area contributed by atoms with Crippen LogP contribution in [0.5, 0.6) is 0 Å². The van der Waals surface area contributed by atoms with Gasteiger partial charge >= 0.3 is 5.97 Å². The summed E-state index contributed by atoms with van der Waals surface area (Å²) in [7, 11) is 0. The predicted octanol–water partition coefficient (Wildman–Crippen LogP) is 0.102. The molecule has 15 heavy (non-hydrogen) atoms. The van der Waals surface area contributed by atoms with Crippen molar-refractivity contribution in [1.29, 1.82) is 0 Å². The second-order valence-corrected chi connectivity index (χ2v) is 4.45. The van der Waals surface area contributed by atoms with Crippen molar-refractivity contribution in [3.05, 3.63) is 0 Å². The van der Waals surface area contributed by atoms with Crippen molar-refractivity contribution >= 4 is 17.8 Å². The minimum Gasteiger partial charge on any atom is -0.480 e. The molecule has 5 nitrogen and oxygen atoms in total. The summed E-state index contributed by atoms with van der Waals surface area (Å²) in [5.74, 6) is -1.85. The molecule has 0 aromatic heterocycles. The van der Waals surface area contributed by atoms with Gasteiger partial charge in [-0.2, -0.15) is 0 Å². The monoisotopic (exact) mass is 211 g/mol. The summed E-state index contributed by atoms with van der Waals surface area (Å²) in [4.78, 5) is 34.8. The Bertz CT molecular complexity index is 314. The Hall–Kier alpha value is -1.39. The van der Waals surface area contributed by atoms with Gasteiger partial charge < -0.3 is 5.11 Å². The van der Waals surface area contributed by atoms with Gasteiger partial charge in [-0.1, -0.05) is 6.92 Å². The zero-order valence-corrected chi connectivity index (χ0v) is 8.47. The van der Waals surface area contributed by atoms with E-state index < -0.39 is 12.5 Å². The molecule has 5 heteroatoms. The van der Waals surface area contributed by atoms with Gasteiger partial charge in [-0.3, -0.25) is 19.3 Å². The molecular formula is C10H13NO4. The van der Waals surface area contributed by atoms with Crippen molar-refractivity contribution in [2.24, 2.45) is 17.8 Å². The molecule has 1 aliphatic carbocycles. The van der Waals surface area contributed by atoms with Gasteiger partial charge in [0, 0.05) is 0 Å². The first-order valence-corrected chi connectivity index (χ1v) is 5.07. The van der Waals surface area contributed by atoms with E-state index in [0.29, 0.717) is 18.8 Å². The number of fused-ring (bicyclic) bond motifs is 1. The average molecular weight is 211 g/mol. The summed E-state index contributed by atoms with van der Waals surface area (Å²) in [6.45, 7) is 1.53. The number of carboxylic acid groups (broad SMARTS) is 1. The highest BCUT2D eigenvalue weighted by Crippen LogP contribution is 2.42. The normalized spacial score (nSPS) is 34.7. The third-order valence-electron chi connectivity index (χ3n) is 3.26. The first-order chi connectivity index (χ1) is 7.00. The van der Waals surface area contributed by atoms with Gasteiger partial charge in [0.25, 0.3) is 0 Å². The van der Waals surface area contributed by atoms with Crippen molar-refractivity contribution < 1.29 is 19.5 Å². The van der Waals surface area contributed by atoms with Crippen LogP contribution in [0.3, 0.4) is 0 Å². The first-order valence-electron chi connectivity index (χ1n) is 5.07. The zero-order valence-electron chi connectivity index (χ0n) is 8.47. The van der Waals surface area contributed by atoms with E-state index in [1.807, 2.05) is 6.92 Å². The Morgan fingerprint density at radius 3 is 2.20 bits per heavy atom. The van der Waals surface area contributed by atoms with Crippen LogP contribution in [0, 0.1) is 17.8 Å². The topological polar surface area (TPSA) is 74.7 Å². The average Bonchev–Trinajstić information content (AvgIpc) is 2.61. The molecule has 2 atom stereocenters. The lowest BCUT2D eigenvalue weighted by molar-refractivity contribution is -0.149. The van der Waals surface area contributed by atoms with Crippen molar-refractivity contribution in [2.75, 3.05) is 6.54 Å². The van der Waals surface area contributed by atoms with E-state index in [0.717, 1.165) is 4.90 Å². The van der Waals surface area contributed by atoms with Crippen LogP contribution in [-0.2, 0) is 14.4 Å². The molecule has 1 aliphatic heterocycles. The molecule has 1 saturated heterocycles. The van der Waals surface area contributed by atoms with E-state index in [9.17, 15) is 14.4 Å². The first kappa shape index (κ1) is 10.1. The van der Waals surface area contributed by atoms with Crippen LogP contribution in [0.15, 0.2) is 0 Å². The summed E-state index contributed by atoms with van der Waals surface area (Å²) in [6.07, 6.45) is 1.43. The molecular weight excluding hydrogens is 198 g/mol. The molecule has 2 fully saturated rings. The molecule has 2 amide bonds. The van der Waals surface area contributed by atoms with E-state index in [2.05, 4.69) is 0 Å². The zero-order chi connectivity index (χ0) is 11.2. The Kier molecular flexibility index (Phi) is 2.25. The Labute approximate surface area is 87.1 Å². The fraction of sp³-hybridized carbons (Fsp3) is 0.700. The second-order valence-electron chi connectivity index (χ2n) is 4.45. The Morgan fingerprint density at radius 2 is 1.80 bits per heavy atom. The summed E-state index contributed by atoms with van der Waals surface area (Å²) in [5, 5.41) is 8.58. The van der Waals surface area contributed by atoms with Gasteiger partial charge in [0.15, 0.2) is 0 Å². The maximum Gasteiger partial charge on any atom is 0.323 e. The molecule has 1 saturated carbocycles. The second kappa shape index (κ2) is 3.32. The number of aliphatic carboxylic acids is 1. The number of carbonyl (C=O) groups excluding carboxylic acids is 2. The molecule has 0 aromatic rings. The van der Waals surface area contributed by atoms with Crippen LogP contribution < -0.4 is 0 Å². The molecule has 1 N–H and O–H groups in total. The van der Waals surface area contributed by atoms with E-state index in [1.165, 1.54) is 0 Å². The van der Waals surface area contributed by atoms with Gasteiger partial charge in [-0.15, -0.1) is 0 Å². The lowest BCUT2D eigenvalue weighted by Crippen LogP contribution is -2.36. The third-order valence-corrected chi connectivity index (χ3v) is 3.26. The number of carbonyl (C=O) groups is 3. The predicted molar refractivity (Wildman–Crippen MR) is 49.7 cm³/mol. The summed E-state index contributed by atoms with van der Waals surface area (Å²) in [5.41, 5.74) is 0. The molecule has 0 radical (unpaired) electrons. The number of hydrogen-bond donors (Lipinski definition) is 1. The Morgan fingerprint density at radius 1 is 1.33 bits per heavy atom.